The third-order valence-corrected chi connectivity index (χ3v) is 2.99. The highest BCUT2D eigenvalue weighted by Crippen LogP contribution is 2.28. The zero-order valence-corrected chi connectivity index (χ0v) is 11.7. The average Bonchev–Trinajstić information content (AvgIpc) is 2.77. The second-order valence-corrected chi connectivity index (χ2v) is 4.87. The molecule has 1 aromatic heterocycles. The molecule has 0 aliphatic carbocycles. The summed E-state index contributed by atoms with van der Waals surface area (Å²) in [5.74, 6) is 1.32. The van der Waals surface area contributed by atoms with Crippen molar-refractivity contribution >= 4 is 23.2 Å². The van der Waals surface area contributed by atoms with Gasteiger partial charge in [0, 0.05) is 15.6 Å². The van der Waals surface area contributed by atoms with Crippen molar-refractivity contribution in [2.24, 2.45) is 0 Å². The molecule has 2 aromatic rings. The van der Waals surface area contributed by atoms with Crippen molar-refractivity contribution in [3.05, 3.63) is 40.3 Å². The summed E-state index contributed by atoms with van der Waals surface area (Å²) in [6.45, 7) is 4.91. The summed E-state index contributed by atoms with van der Waals surface area (Å²) in [6, 6.07) is 5.37. The molecule has 0 amide bonds. The number of nitrogens with zero attached hydrogens (tertiary/aromatic N) is 1. The van der Waals surface area contributed by atoms with Gasteiger partial charge in [-0.3, -0.25) is 0 Å². The van der Waals surface area contributed by atoms with Crippen LogP contribution in [0.15, 0.2) is 28.8 Å². The van der Waals surface area contributed by atoms with Crippen molar-refractivity contribution in [3.8, 4) is 11.3 Å². The van der Waals surface area contributed by atoms with E-state index in [1.54, 1.807) is 24.4 Å². The molecule has 0 aliphatic rings. The Morgan fingerprint density at radius 3 is 2.56 bits per heavy atom. The molecule has 1 atom stereocenters. The van der Waals surface area contributed by atoms with Crippen LogP contribution < -0.4 is 5.32 Å². The van der Waals surface area contributed by atoms with Crippen LogP contribution in [0.25, 0.3) is 11.3 Å². The van der Waals surface area contributed by atoms with Gasteiger partial charge in [-0.05, 0) is 31.7 Å². The first-order chi connectivity index (χ1) is 8.60. The van der Waals surface area contributed by atoms with Crippen LogP contribution in [0, 0.1) is 0 Å². The minimum absolute atomic E-state index is 0.0819. The first-order valence-electron chi connectivity index (χ1n) is 5.75. The minimum atomic E-state index is 0.0819. The van der Waals surface area contributed by atoms with Crippen LogP contribution in [0.4, 0.5) is 0 Å². The molecule has 0 saturated carbocycles. The van der Waals surface area contributed by atoms with E-state index < -0.39 is 0 Å². The second kappa shape index (κ2) is 5.74. The summed E-state index contributed by atoms with van der Waals surface area (Å²) in [5.41, 5.74) is 0.829. The molecule has 1 unspecified atom stereocenters. The Bertz CT molecular complexity index is 519. The molecule has 0 aliphatic heterocycles. The normalized spacial score (nSPS) is 12.7. The molecule has 96 valence electrons. The fourth-order valence-electron chi connectivity index (χ4n) is 1.71. The van der Waals surface area contributed by atoms with Crippen LogP contribution in [-0.2, 0) is 0 Å². The van der Waals surface area contributed by atoms with E-state index >= 15 is 0 Å². The van der Waals surface area contributed by atoms with Gasteiger partial charge in [-0.25, -0.2) is 4.98 Å². The Hall–Kier alpha value is -1.03. The molecule has 3 nitrogen and oxygen atoms in total. The second-order valence-electron chi connectivity index (χ2n) is 4.00. The molecule has 5 heteroatoms. The maximum Gasteiger partial charge on any atom is 0.211 e. The van der Waals surface area contributed by atoms with E-state index in [9.17, 15) is 0 Å². The summed E-state index contributed by atoms with van der Waals surface area (Å²) < 4.78 is 5.70. The summed E-state index contributed by atoms with van der Waals surface area (Å²) in [7, 11) is 0. The topological polar surface area (TPSA) is 38.1 Å². The van der Waals surface area contributed by atoms with Crippen molar-refractivity contribution in [3.63, 3.8) is 0 Å². The predicted molar refractivity (Wildman–Crippen MR) is 74.1 cm³/mol. The van der Waals surface area contributed by atoms with E-state index in [0.717, 1.165) is 12.1 Å². The highest BCUT2D eigenvalue weighted by Gasteiger charge is 2.12. The molecule has 2 rings (SSSR count). The van der Waals surface area contributed by atoms with Gasteiger partial charge in [-0.2, -0.15) is 0 Å². The smallest absolute Gasteiger partial charge is 0.211 e. The minimum Gasteiger partial charge on any atom is -0.439 e. The van der Waals surface area contributed by atoms with Gasteiger partial charge in [-0.1, -0.05) is 30.1 Å². The third-order valence-electron chi connectivity index (χ3n) is 2.55. The lowest BCUT2D eigenvalue weighted by Gasteiger charge is -2.06. The average molecular weight is 285 g/mol. The fourth-order valence-corrected chi connectivity index (χ4v) is 2.24. The molecule has 1 aromatic carbocycles. The third kappa shape index (κ3) is 3.05. The first kappa shape index (κ1) is 13.4. The van der Waals surface area contributed by atoms with Crippen LogP contribution in [0.3, 0.4) is 0 Å². The van der Waals surface area contributed by atoms with Crippen LogP contribution in [0.5, 0.6) is 0 Å². The van der Waals surface area contributed by atoms with Gasteiger partial charge in [-0.15, -0.1) is 0 Å². The number of nitrogens with one attached hydrogen (secondary N) is 1. The Kier molecular flexibility index (Phi) is 4.27. The number of hydrogen-bond donors (Lipinski definition) is 1. The molecular weight excluding hydrogens is 271 g/mol. The number of hydrogen-bond acceptors (Lipinski definition) is 3. The van der Waals surface area contributed by atoms with Gasteiger partial charge in [0.05, 0.1) is 12.2 Å². The van der Waals surface area contributed by atoms with Crippen molar-refractivity contribution < 1.29 is 4.42 Å². The molecule has 1 N–H and O–H groups in total. The lowest BCUT2D eigenvalue weighted by molar-refractivity contribution is 0.429. The number of halogens is 2. The number of rotatable bonds is 4. The lowest BCUT2D eigenvalue weighted by Crippen LogP contribution is -2.17. The number of aromatic nitrogens is 1. The summed E-state index contributed by atoms with van der Waals surface area (Å²) >= 11 is 11.9. The maximum absolute atomic E-state index is 5.96. The van der Waals surface area contributed by atoms with Crippen molar-refractivity contribution in [2.75, 3.05) is 6.54 Å². The molecule has 0 spiro atoms. The molecule has 0 saturated heterocycles. The quantitative estimate of drug-likeness (QED) is 0.909. The number of oxazole rings is 1. The van der Waals surface area contributed by atoms with E-state index in [2.05, 4.69) is 10.3 Å². The molecular formula is C13H14Cl2N2O. The molecule has 0 fully saturated rings. The van der Waals surface area contributed by atoms with Crippen molar-refractivity contribution in [2.45, 2.75) is 19.9 Å². The highest BCUT2D eigenvalue weighted by molar-refractivity contribution is 6.35. The Morgan fingerprint density at radius 2 is 1.94 bits per heavy atom. The van der Waals surface area contributed by atoms with E-state index in [0.29, 0.717) is 21.7 Å². The fraction of sp³-hybridized carbons (Fsp3) is 0.308. The summed E-state index contributed by atoms with van der Waals surface area (Å²) in [4.78, 5) is 4.26. The highest BCUT2D eigenvalue weighted by atomic mass is 35.5. The van der Waals surface area contributed by atoms with Gasteiger partial charge >= 0.3 is 0 Å². The molecule has 0 bridgehead atoms. The zero-order chi connectivity index (χ0) is 13.1. The van der Waals surface area contributed by atoms with Gasteiger partial charge < -0.3 is 9.73 Å². The Labute approximate surface area is 116 Å². The van der Waals surface area contributed by atoms with E-state index in [4.69, 9.17) is 27.6 Å². The summed E-state index contributed by atoms with van der Waals surface area (Å²) in [5, 5.41) is 4.40. The van der Waals surface area contributed by atoms with Crippen LogP contribution in [0.1, 0.15) is 25.8 Å². The number of benzene rings is 1. The van der Waals surface area contributed by atoms with E-state index in [-0.39, 0.29) is 6.04 Å². The SMILES string of the molecule is CCNC(C)c1ncc(-c2cc(Cl)cc(Cl)c2)o1. The van der Waals surface area contributed by atoms with Crippen LogP contribution in [0.2, 0.25) is 10.0 Å². The molecule has 18 heavy (non-hydrogen) atoms. The van der Waals surface area contributed by atoms with Gasteiger partial charge in [0.1, 0.15) is 0 Å². The Morgan fingerprint density at radius 1 is 1.28 bits per heavy atom. The van der Waals surface area contributed by atoms with Crippen LogP contribution >= 0.6 is 23.2 Å². The van der Waals surface area contributed by atoms with Crippen LogP contribution in [-0.4, -0.2) is 11.5 Å². The maximum atomic E-state index is 5.96. The standard InChI is InChI=1S/C13H14Cl2N2O/c1-3-16-8(2)13-17-7-12(18-13)9-4-10(14)6-11(15)5-9/h4-8,16H,3H2,1-2H3. The van der Waals surface area contributed by atoms with Crippen molar-refractivity contribution in [1.29, 1.82) is 0 Å². The largest absolute Gasteiger partial charge is 0.439 e. The van der Waals surface area contributed by atoms with Gasteiger partial charge in [0.25, 0.3) is 0 Å². The zero-order valence-electron chi connectivity index (χ0n) is 10.2. The predicted octanol–water partition coefficient (Wildman–Crippen LogP) is 4.32. The van der Waals surface area contributed by atoms with E-state index in [1.165, 1.54) is 0 Å². The van der Waals surface area contributed by atoms with Gasteiger partial charge in [0.15, 0.2) is 5.76 Å². The molecule has 1 heterocycles. The Balaban J connectivity index is 2.29. The molecule has 0 radical (unpaired) electrons. The lowest BCUT2D eigenvalue weighted by atomic mass is 10.2. The first-order valence-corrected chi connectivity index (χ1v) is 6.51. The summed E-state index contributed by atoms with van der Waals surface area (Å²) in [6.07, 6.45) is 1.69. The monoisotopic (exact) mass is 284 g/mol. The van der Waals surface area contributed by atoms with E-state index in [1.807, 2.05) is 13.8 Å². The van der Waals surface area contributed by atoms with Crippen molar-refractivity contribution in [1.82, 2.24) is 10.3 Å². The van der Waals surface area contributed by atoms with Gasteiger partial charge in [0.2, 0.25) is 5.89 Å².